The van der Waals surface area contributed by atoms with E-state index in [-0.39, 0.29) is 0 Å². The van der Waals surface area contributed by atoms with Gasteiger partial charge in [0, 0.05) is 11.4 Å². The van der Waals surface area contributed by atoms with Crippen molar-refractivity contribution in [2.45, 2.75) is 26.2 Å². The van der Waals surface area contributed by atoms with Gasteiger partial charge in [-0.3, -0.25) is 0 Å². The van der Waals surface area contributed by atoms with Gasteiger partial charge in [-0.15, -0.1) is 10.2 Å². The van der Waals surface area contributed by atoms with Crippen LogP contribution in [0.5, 0.6) is 0 Å². The van der Waals surface area contributed by atoms with Crippen molar-refractivity contribution in [2.75, 3.05) is 13.1 Å². The number of hydrogen-bond donors (Lipinski definition) is 1. The van der Waals surface area contributed by atoms with Crippen LogP contribution in [0.4, 0.5) is 0 Å². The van der Waals surface area contributed by atoms with E-state index in [0.717, 1.165) is 43.2 Å². The summed E-state index contributed by atoms with van der Waals surface area (Å²) in [6.07, 6.45) is 2.90. The van der Waals surface area contributed by atoms with Crippen LogP contribution in [0.2, 0.25) is 5.02 Å². The van der Waals surface area contributed by atoms with Crippen LogP contribution in [-0.4, -0.2) is 33.3 Å². The third-order valence-electron chi connectivity index (χ3n) is 3.29. The van der Waals surface area contributed by atoms with Gasteiger partial charge in [-0.05, 0) is 54.8 Å². The fourth-order valence-corrected chi connectivity index (χ4v) is 2.57. The zero-order valence-electron chi connectivity index (χ0n) is 12.6. The van der Waals surface area contributed by atoms with Gasteiger partial charge in [0.1, 0.15) is 0 Å². The van der Waals surface area contributed by atoms with Crippen molar-refractivity contribution in [3.63, 3.8) is 0 Å². The highest BCUT2D eigenvalue weighted by atomic mass is 35.5. The Morgan fingerprint density at radius 1 is 1.33 bits per heavy atom. The standard InChI is InChI=1S/C15H22ClN5/c1-3-7-17-11-13(10-15-18-20-21(2)19-15)8-12-5-4-6-14(16)9-12/h4-6,9,13,17H,3,7-8,10-11H2,1-2H3. The molecule has 0 spiro atoms. The molecule has 1 heterocycles. The van der Waals surface area contributed by atoms with Crippen molar-refractivity contribution in [1.29, 1.82) is 0 Å². The molecule has 0 aliphatic carbocycles. The zero-order valence-corrected chi connectivity index (χ0v) is 13.3. The summed E-state index contributed by atoms with van der Waals surface area (Å²) in [5.74, 6) is 1.22. The average Bonchev–Trinajstić information content (AvgIpc) is 2.84. The molecule has 1 atom stereocenters. The molecule has 0 fully saturated rings. The number of nitrogens with one attached hydrogen (secondary N) is 1. The highest BCUT2D eigenvalue weighted by Gasteiger charge is 2.14. The molecule has 0 saturated heterocycles. The van der Waals surface area contributed by atoms with Crippen molar-refractivity contribution in [1.82, 2.24) is 25.5 Å². The molecule has 114 valence electrons. The van der Waals surface area contributed by atoms with Crippen LogP contribution in [0, 0.1) is 5.92 Å². The van der Waals surface area contributed by atoms with E-state index in [1.165, 1.54) is 10.4 Å². The number of halogens is 1. The fraction of sp³-hybridized carbons (Fsp3) is 0.533. The van der Waals surface area contributed by atoms with Crippen LogP contribution in [-0.2, 0) is 19.9 Å². The van der Waals surface area contributed by atoms with Gasteiger partial charge in [0.05, 0.1) is 7.05 Å². The molecular weight excluding hydrogens is 286 g/mol. The first-order valence-corrected chi connectivity index (χ1v) is 7.73. The van der Waals surface area contributed by atoms with Crippen LogP contribution in [0.1, 0.15) is 24.7 Å². The molecule has 2 aromatic rings. The molecule has 1 aromatic carbocycles. The van der Waals surface area contributed by atoms with Crippen molar-refractivity contribution in [3.8, 4) is 0 Å². The molecule has 0 bridgehead atoms. The van der Waals surface area contributed by atoms with Crippen molar-refractivity contribution < 1.29 is 0 Å². The molecule has 1 unspecified atom stereocenters. The average molecular weight is 308 g/mol. The van der Waals surface area contributed by atoms with Crippen LogP contribution in [0.25, 0.3) is 0 Å². The number of nitrogens with zero attached hydrogens (tertiary/aromatic N) is 4. The zero-order chi connectivity index (χ0) is 15.1. The lowest BCUT2D eigenvalue weighted by Gasteiger charge is -2.16. The number of tetrazole rings is 1. The van der Waals surface area contributed by atoms with Gasteiger partial charge >= 0.3 is 0 Å². The Morgan fingerprint density at radius 3 is 2.86 bits per heavy atom. The first kappa shape index (κ1) is 15.9. The first-order chi connectivity index (χ1) is 10.2. The minimum absolute atomic E-state index is 0.430. The van der Waals surface area contributed by atoms with Crippen molar-refractivity contribution in [2.24, 2.45) is 13.0 Å². The first-order valence-electron chi connectivity index (χ1n) is 7.35. The van der Waals surface area contributed by atoms with Crippen molar-refractivity contribution >= 4 is 11.6 Å². The second kappa shape index (κ2) is 8.10. The second-order valence-electron chi connectivity index (χ2n) is 5.30. The Hall–Kier alpha value is -1.46. The van der Waals surface area contributed by atoms with Crippen LogP contribution in [0.3, 0.4) is 0 Å². The van der Waals surface area contributed by atoms with Crippen LogP contribution < -0.4 is 5.32 Å². The SMILES string of the molecule is CCCNCC(Cc1cccc(Cl)c1)Cc1nnn(C)n1. The molecule has 0 amide bonds. The fourth-order valence-electron chi connectivity index (χ4n) is 2.36. The molecular formula is C15H22ClN5. The predicted molar refractivity (Wildman–Crippen MR) is 84.3 cm³/mol. The van der Waals surface area contributed by atoms with E-state index in [0.29, 0.717) is 5.92 Å². The summed E-state index contributed by atoms with van der Waals surface area (Å²) in [7, 11) is 1.79. The summed E-state index contributed by atoms with van der Waals surface area (Å²) in [6, 6.07) is 8.04. The molecule has 21 heavy (non-hydrogen) atoms. The summed E-state index contributed by atoms with van der Waals surface area (Å²) in [5.41, 5.74) is 1.25. The topological polar surface area (TPSA) is 55.6 Å². The third-order valence-corrected chi connectivity index (χ3v) is 3.53. The lowest BCUT2D eigenvalue weighted by atomic mass is 9.95. The van der Waals surface area contributed by atoms with Crippen molar-refractivity contribution in [3.05, 3.63) is 40.7 Å². The number of aromatic nitrogens is 4. The summed E-state index contributed by atoms with van der Waals surface area (Å²) in [6.45, 7) is 4.14. The van der Waals surface area contributed by atoms with Crippen LogP contribution in [0.15, 0.2) is 24.3 Å². The summed E-state index contributed by atoms with van der Waals surface area (Å²) in [4.78, 5) is 1.51. The summed E-state index contributed by atoms with van der Waals surface area (Å²) >= 11 is 6.06. The number of hydrogen-bond acceptors (Lipinski definition) is 4. The van der Waals surface area contributed by atoms with Gasteiger partial charge in [0.25, 0.3) is 0 Å². The Morgan fingerprint density at radius 2 is 2.19 bits per heavy atom. The highest BCUT2D eigenvalue weighted by Crippen LogP contribution is 2.16. The Bertz CT molecular complexity index is 555. The van der Waals surface area contributed by atoms with E-state index in [4.69, 9.17) is 11.6 Å². The Kier molecular flexibility index (Phi) is 6.14. The lowest BCUT2D eigenvalue weighted by Crippen LogP contribution is -2.27. The second-order valence-corrected chi connectivity index (χ2v) is 5.74. The minimum atomic E-state index is 0.430. The van der Waals surface area contributed by atoms with Gasteiger partial charge < -0.3 is 5.32 Å². The minimum Gasteiger partial charge on any atom is -0.316 e. The monoisotopic (exact) mass is 307 g/mol. The molecule has 1 aromatic heterocycles. The third kappa shape index (κ3) is 5.44. The Labute approximate surface area is 130 Å². The van der Waals surface area contributed by atoms with Gasteiger partial charge in [-0.25, -0.2) is 0 Å². The smallest absolute Gasteiger partial charge is 0.175 e. The van der Waals surface area contributed by atoms with Gasteiger partial charge in [0.2, 0.25) is 0 Å². The normalized spacial score (nSPS) is 12.5. The molecule has 0 aliphatic rings. The van der Waals surface area contributed by atoms with E-state index >= 15 is 0 Å². The Balaban J connectivity index is 2.00. The molecule has 1 N–H and O–H groups in total. The number of benzene rings is 1. The maximum absolute atomic E-state index is 6.06. The summed E-state index contributed by atoms with van der Waals surface area (Å²) < 4.78 is 0. The van der Waals surface area contributed by atoms with Crippen LogP contribution >= 0.6 is 11.6 Å². The van der Waals surface area contributed by atoms with E-state index < -0.39 is 0 Å². The van der Waals surface area contributed by atoms with Gasteiger partial charge in [-0.1, -0.05) is 30.7 Å². The molecule has 6 heteroatoms. The van der Waals surface area contributed by atoms with E-state index in [1.807, 2.05) is 18.2 Å². The van der Waals surface area contributed by atoms with Gasteiger partial charge in [0.15, 0.2) is 5.82 Å². The highest BCUT2D eigenvalue weighted by molar-refractivity contribution is 6.30. The van der Waals surface area contributed by atoms with Gasteiger partial charge in [-0.2, -0.15) is 4.80 Å². The van der Waals surface area contributed by atoms with E-state index in [2.05, 4.69) is 33.7 Å². The van der Waals surface area contributed by atoms with E-state index in [9.17, 15) is 0 Å². The molecule has 2 rings (SSSR count). The van der Waals surface area contributed by atoms with E-state index in [1.54, 1.807) is 7.05 Å². The maximum atomic E-state index is 6.06. The largest absolute Gasteiger partial charge is 0.316 e. The number of aryl methyl sites for hydroxylation is 1. The quantitative estimate of drug-likeness (QED) is 0.760. The molecule has 0 aliphatic heterocycles. The lowest BCUT2D eigenvalue weighted by molar-refractivity contribution is 0.461. The molecule has 0 radical (unpaired) electrons. The maximum Gasteiger partial charge on any atom is 0.175 e. The molecule has 0 saturated carbocycles. The number of rotatable bonds is 8. The summed E-state index contributed by atoms with van der Waals surface area (Å²) in [5, 5.41) is 16.5. The molecule has 5 nitrogen and oxygen atoms in total. The predicted octanol–water partition coefficient (Wildman–Crippen LogP) is 2.26.